The van der Waals surface area contributed by atoms with Crippen LogP contribution in [0.3, 0.4) is 0 Å². The van der Waals surface area contributed by atoms with E-state index >= 15 is 0 Å². The van der Waals surface area contributed by atoms with Crippen molar-refractivity contribution in [3.63, 3.8) is 0 Å². The van der Waals surface area contributed by atoms with E-state index in [1.807, 2.05) is 17.5 Å². The third-order valence-corrected chi connectivity index (χ3v) is 4.29. The van der Waals surface area contributed by atoms with Gasteiger partial charge in [-0.3, -0.25) is 10.1 Å². The van der Waals surface area contributed by atoms with Crippen LogP contribution in [0.1, 0.15) is 34.8 Å². The van der Waals surface area contributed by atoms with Crippen molar-refractivity contribution in [3.05, 3.63) is 62.8 Å². The fourth-order valence-corrected chi connectivity index (χ4v) is 2.81. The molecule has 1 aromatic carbocycles. The van der Waals surface area contributed by atoms with Crippen LogP contribution in [-0.2, 0) is 4.74 Å². The second-order valence-corrected chi connectivity index (χ2v) is 6.18. The van der Waals surface area contributed by atoms with E-state index in [0.717, 1.165) is 4.88 Å². The lowest BCUT2D eigenvalue weighted by Gasteiger charge is -2.09. The molecule has 0 amide bonds. The number of rotatable bonds is 5. The molecule has 25 heavy (non-hydrogen) atoms. The van der Waals surface area contributed by atoms with Gasteiger partial charge in [0.2, 0.25) is 0 Å². The van der Waals surface area contributed by atoms with Crippen molar-refractivity contribution in [2.24, 2.45) is 0 Å². The second-order valence-electron chi connectivity index (χ2n) is 5.23. The number of aromatic nitrogens is 2. The first-order valence-corrected chi connectivity index (χ1v) is 8.17. The number of hydrogen-bond acceptors (Lipinski definition) is 8. The number of benzene rings is 1. The van der Waals surface area contributed by atoms with Gasteiger partial charge in [-0.25, -0.2) is 4.79 Å². The Hall–Kier alpha value is -3.07. The molecule has 0 unspecified atom stereocenters. The third-order valence-electron chi connectivity index (χ3n) is 3.43. The minimum absolute atomic E-state index is 0.0536. The third kappa shape index (κ3) is 3.56. The zero-order chi connectivity index (χ0) is 18.0. The fraction of sp³-hybridized carbons (Fsp3) is 0.188. The summed E-state index contributed by atoms with van der Waals surface area (Å²) in [6.45, 7) is 3.17. The molecule has 1 atom stereocenters. The molecule has 8 nitrogen and oxygen atoms in total. The van der Waals surface area contributed by atoms with E-state index in [2.05, 4.69) is 10.2 Å². The molecular weight excluding hydrogens is 346 g/mol. The molecule has 0 saturated heterocycles. The Labute approximate surface area is 146 Å². The Morgan fingerprint density at radius 2 is 2.16 bits per heavy atom. The normalized spacial score (nSPS) is 11.9. The number of aryl methyl sites for hydroxylation is 1. The van der Waals surface area contributed by atoms with E-state index in [9.17, 15) is 14.9 Å². The average Bonchev–Trinajstić information content (AvgIpc) is 3.25. The molecule has 0 radical (unpaired) electrons. The van der Waals surface area contributed by atoms with Crippen LogP contribution in [0.15, 0.2) is 40.1 Å². The van der Waals surface area contributed by atoms with Crippen molar-refractivity contribution < 1.29 is 18.9 Å². The van der Waals surface area contributed by atoms with E-state index in [4.69, 9.17) is 9.15 Å². The summed E-state index contributed by atoms with van der Waals surface area (Å²) < 4.78 is 10.8. The lowest BCUT2D eigenvalue weighted by Crippen LogP contribution is -2.10. The number of nitrogens with zero attached hydrogens (tertiary/aromatic N) is 3. The zero-order valence-electron chi connectivity index (χ0n) is 13.3. The summed E-state index contributed by atoms with van der Waals surface area (Å²) >= 11 is 1.46. The molecule has 0 aliphatic rings. The molecule has 2 aromatic heterocycles. The Kier molecular flexibility index (Phi) is 4.57. The molecule has 3 rings (SSSR count). The second kappa shape index (κ2) is 6.81. The van der Waals surface area contributed by atoms with Gasteiger partial charge in [-0.1, -0.05) is 6.07 Å². The molecule has 0 spiro atoms. The summed E-state index contributed by atoms with van der Waals surface area (Å²) in [7, 11) is 0. The molecule has 0 saturated carbocycles. The van der Waals surface area contributed by atoms with Crippen LogP contribution in [-0.4, -0.2) is 21.1 Å². The minimum atomic E-state index is -0.746. The molecule has 128 valence electrons. The standard InChI is InChI=1S/C16H13N3O5S/c1-9-8-11(5-6-12(9)19(21)22)16(20)23-10(2)14-17-18-15(24-14)13-4-3-7-25-13/h3-8,10H,1-2H3/t10-/m1/s1. The summed E-state index contributed by atoms with van der Waals surface area (Å²) in [6, 6.07) is 7.75. The van der Waals surface area contributed by atoms with Gasteiger partial charge in [-0.05, 0) is 37.4 Å². The predicted octanol–water partition coefficient (Wildman–Crippen LogP) is 3.93. The number of nitro benzene ring substituents is 1. The van der Waals surface area contributed by atoms with E-state index in [-0.39, 0.29) is 17.1 Å². The van der Waals surface area contributed by atoms with Crippen molar-refractivity contribution >= 4 is 23.0 Å². The van der Waals surface area contributed by atoms with Gasteiger partial charge in [0.25, 0.3) is 17.5 Å². The highest BCUT2D eigenvalue weighted by Gasteiger charge is 2.21. The predicted molar refractivity (Wildman–Crippen MR) is 89.3 cm³/mol. The van der Waals surface area contributed by atoms with Crippen LogP contribution in [0, 0.1) is 17.0 Å². The first-order chi connectivity index (χ1) is 12.0. The topological polar surface area (TPSA) is 108 Å². The molecule has 3 aromatic rings. The van der Waals surface area contributed by atoms with Crippen molar-refractivity contribution in [2.45, 2.75) is 20.0 Å². The molecule has 0 bridgehead atoms. The Balaban J connectivity index is 1.72. The quantitative estimate of drug-likeness (QED) is 0.386. The molecule has 0 fully saturated rings. The lowest BCUT2D eigenvalue weighted by molar-refractivity contribution is -0.385. The maximum atomic E-state index is 12.2. The Morgan fingerprint density at radius 3 is 2.80 bits per heavy atom. The highest BCUT2D eigenvalue weighted by molar-refractivity contribution is 7.13. The molecule has 2 heterocycles. The van der Waals surface area contributed by atoms with Crippen LogP contribution in [0.5, 0.6) is 0 Å². The summed E-state index contributed by atoms with van der Waals surface area (Å²) in [6.07, 6.45) is -0.746. The first-order valence-electron chi connectivity index (χ1n) is 7.29. The minimum Gasteiger partial charge on any atom is -0.449 e. The monoisotopic (exact) mass is 359 g/mol. The molecule has 9 heteroatoms. The number of hydrogen-bond donors (Lipinski definition) is 0. The number of thiophene rings is 1. The van der Waals surface area contributed by atoms with Gasteiger partial charge < -0.3 is 9.15 Å². The summed E-state index contributed by atoms with van der Waals surface area (Å²) in [5, 5.41) is 20.5. The van der Waals surface area contributed by atoms with Gasteiger partial charge in [0.05, 0.1) is 15.4 Å². The number of carbonyl (C=O) groups is 1. The van der Waals surface area contributed by atoms with E-state index in [1.54, 1.807) is 13.8 Å². The Morgan fingerprint density at radius 1 is 1.36 bits per heavy atom. The van der Waals surface area contributed by atoms with Crippen LogP contribution in [0.2, 0.25) is 0 Å². The van der Waals surface area contributed by atoms with Gasteiger partial charge in [-0.2, -0.15) is 0 Å². The maximum Gasteiger partial charge on any atom is 0.338 e. The van der Waals surface area contributed by atoms with E-state index in [0.29, 0.717) is 11.5 Å². The van der Waals surface area contributed by atoms with Crippen LogP contribution in [0.25, 0.3) is 10.8 Å². The van der Waals surface area contributed by atoms with Gasteiger partial charge in [0, 0.05) is 11.6 Å². The van der Waals surface area contributed by atoms with Gasteiger partial charge >= 0.3 is 5.97 Å². The van der Waals surface area contributed by atoms with Crippen LogP contribution in [0.4, 0.5) is 5.69 Å². The van der Waals surface area contributed by atoms with Crippen molar-refractivity contribution in [1.29, 1.82) is 0 Å². The van der Waals surface area contributed by atoms with Gasteiger partial charge in [-0.15, -0.1) is 21.5 Å². The lowest BCUT2D eigenvalue weighted by atomic mass is 10.1. The maximum absolute atomic E-state index is 12.2. The number of carbonyl (C=O) groups excluding carboxylic acids is 1. The number of ether oxygens (including phenoxy) is 1. The summed E-state index contributed by atoms with van der Waals surface area (Å²) in [5.41, 5.74) is 0.542. The number of nitro groups is 1. The molecule has 0 N–H and O–H groups in total. The van der Waals surface area contributed by atoms with Crippen molar-refractivity contribution in [1.82, 2.24) is 10.2 Å². The molecular formula is C16H13N3O5S. The smallest absolute Gasteiger partial charge is 0.338 e. The molecule has 0 aliphatic carbocycles. The highest BCUT2D eigenvalue weighted by atomic mass is 32.1. The summed E-state index contributed by atoms with van der Waals surface area (Å²) in [5.74, 6) is -0.0872. The number of esters is 1. The van der Waals surface area contributed by atoms with E-state index < -0.39 is 17.0 Å². The van der Waals surface area contributed by atoms with Crippen molar-refractivity contribution in [3.8, 4) is 10.8 Å². The highest BCUT2D eigenvalue weighted by Crippen LogP contribution is 2.26. The SMILES string of the molecule is Cc1cc(C(=O)O[C@H](C)c2nnc(-c3cccs3)o2)ccc1[N+](=O)[O-]. The van der Waals surface area contributed by atoms with Crippen LogP contribution >= 0.6 is 11.3 Å². The van der Waals surface area contributed by atoms with Crippen LogP contribution < -0.4 is 0 Å². The van der Waals surface area contributed by atoms with E-state index in [1.165, 1.54) is 29.5 Å². The largest absolute Gasteiger partial charge is 0.449 e. The van der Waals surface area contributed by atoms with Gasteiger partial charge in [0.1, 0.15) is 0 Å². The zero-order valence-corrected chi connectivity index (χ0v) is 14.1. The summed E-state index contributed by atoms with van der Waals surface area (Å²) in [4.78, 5) is 23.4. The molecule has 0 aliphatic heterocycles. The Bertz CT molecular complexity index is 920. The first kappa shape index (κ1) is 16.8. The fourth-order valence-electron chi connectivity index (χ4n) is 2.16. The van der Waals surface area contributed by atoms with Crippen molar-refractivity contribution in [2.75, 3.05) is 0 Å². The average molecular weight is 359 g/mol. The van der Waals surface area contributed by atoms with Gasteiger partial charge in [0.15, 0.2) is 6.10 Å².